The zero-order valence-corrected chi connectivity index (χ0v) is 13.8. The lowest BCUT2D eigenvalue weighted by Crippen LogP contribution is -2.58. The first kappa shape index (κ1) is 15.8. The van der Waals surface area contributed by atoms with Crippen molar-refractivity contribution in [2.24, 2.45) is 0 Å². The summed E-state index contributed by atoms with van der Waals surface area (Å²) >= 11 is 0. The number of carbonyl (C=O) groups is 1. The second-order valence-electron chi connectivity index (χ2n) is 7.15. The van der Waals surface area contributed by atoms with Crippen LogP contribution in [0.15, 0.2) is 24.3 Å². The maximum Gasteiger partial charge on any atom is 0.246 e. The topological polar surface area (TPSA) is 44.8 Å². The molecule has 24 heavy (non-hydrogen) atoms. The lowest BCUT2D eigenvalue weighted by Gasteiger charge is -2.45. The summed E-state index contributed by atoms with van der Waals surface area (Å²) in [5.74, 6) is -0.191. The van der Waals surface area contributed by atoms with Gasteiger partial charge in [-0.05, 0) is 43.5 Å². The number of hydrogen-bond donors (Lipinski definition) is 1. The highest BCUT2D eigenvalue weighted by Crippen LogP contribution is 2.31. The quantitative estimate of drug-likeness (QED) is 0.888. The van der Waals surface area contributed by atoms with E-state index >= 15 is 0 Å². The van der Waals surface area contributed by atoms with Crippen molar-refractivity contribution in [3.05, 3.63) is 30.1 Å². The molecule has 1 aromatic carbocycles. The molecule has 0 aliphatic carbocycles. The van der Waals surface area contributed by atoms with Gasteiger partial charge in [-0.15, -0.1) is 0 Å². The summed E-state index contributed by atoms with van der Waals surface area (Å²) in [6.45, 7) is 4.88. The Morgan fingerprint density at radius 2 is 1.92 bits per heavy atom. The van der Waals surface area contributed by atoms with E-state index in [-0.39, 0.29) is 23.9 Å². The van der Waals surface area contributed by atoms with Gasteiger partial charge in [-0.3, -0.25) is 9.69 Å². The zero-order valence-electron chi connectivity index (χ0n) is 13.8. The standard InChI is InChI=1S/C18H24FN3O2/c19-14-1-3-15(4-2-14)22-8-5-16(11-22)21-9-6-18(7-10-21)13-20-17(23)12-24-18/h1-4,16H,5-13H2,(H,20,23). The lowest BCUT2D eigenvalue weighted by molar-refractivity contribution is -0.150. The van der Waals surface area contributed by atoms with Crippen molar-refractivity contribution in [1.82, 2.24) is 10.2 Å². The van der Waals surface area contributed by atoms with Crippen LogP contribution in [0.5, 0.6) is 0 Å². The number of nitrogens with one attached hydrogen (secondary N) is 1. The molecule has 3 aliphatic heterocycles. The van der Waals surface area contributed by atoms with E-state index in [2.05, 4.69) is 15.1 Å². The van der Waals surface area contributed by atoms with Crippen LogP contribution in [-0.2, 0) is 9.53 Å². The van der Waals surface area contributed by atoms with E-state index in [1.54, 1.807) is 0 Å². The molecule has 0 bridgehead atoms. The third-order valence-electron chi connectivity index (χ3n) is 5.70. The molecule has 0 saturated carbocycles. The average Bonchev–Trinajstić information content (AvgIpc) is 3.09. The zero-order chi connectivity index (χ0) is 16.6. The number of ether oxygens (including phenoxy) is 1. The Labute approximate surface area is 141 Å². The summed E-state index contributed by atoms with van der Waals surface area (Å²) in [4.78, 5) is 16.2. The van der Waals surface area contributed by atoms with Crippen molar-refractivity contribution in [2.45, 2.75) is 30.9 Å². The predicted molar refractivity (Wildman–Crippen MR) is 89.5 cm³/mol. The van der Waals surface area contributed by atoms with E-state index in [0.717, 1.165) is 51.1 Å². The largest absolute Gasteiger partial charge is 0.370 e. The fourth-order valence-electron chi connectivity index (χ4n) is 4.12. The summed E-state index contributed by atoms with van der Waals surface area (Å²) in [5.41, 5.74) is 0.949. The van der Waals surface area contributed by atoms with Crippen LogP contribution in [0.4, 0.5) is 10.1 Å². The summed E-state index contributed by atoms with van der Waals surface area (Å²) < 4.78 is 18.9. The van der Waals surface area contributed by atoms with E-state index in [9.17, 15) is 9.18 Å². The molecule has 4 rings (SSSR count). The number of amides is 1. The minimum atomic E-state index is -0.185. The number of rotatable bonds is 2. The van der Waals surface area contributed by atoms with Gasteiger partial charge < -0.3 is 15.0 Å². The molecule has 3 fully saturated rings. The maximum absolute atomic E-state index is 13.1. The van der Waals surface area contributed by atoms with E-state index in [1.807, 2.05) is 12.1 Å². The van der Waals surface area contributed by atoms with Crippen molar-refractivity contribution in [3.8, 4) is 0 Å². The molecule has 6 heteroatoms. The van der Waals surface area contributed by atoms with Gasteiger partial charge in [0.1, 0.15) is 12.4 Å². The number of likely N-dealkylation sites (tertiary alicyclic amines) is 1. The number of benzene rings is 1. The van der Waals surface area contributed by atoms with Gasteiger partial charge in [0.15, 0.2) is 0 Å². The molecule has 0 radical (unpaired) electrons. The third kappa shape index (κ3) is 3.13. The molecule has 3 saturated heterocycles. The van der Waals surface area contributed by atoms with Gasteiger partial charge in [0.25, 0.3) is 0 Å². The second-order valence-corrected chi connectivity index (χ2v) is 7.15. The van der Waals surface area contributed by atoms with E-state index in [1.165, 1.54) is 12.1 Å². The molecule has 0 aromatic heterocycles. The van der Waals surface area contributed by atoms with Crippen molar-refractivity contribution in [3.63, 3.8) is 0 Å². The second kappa shape index (κ2) is 6.33. The molecule has 1 unspecified atom stereocenters. The Morgan fingerprint density at radius 1 is 1.17 bits per heavy atom. The molecule has 1 atom stereocenters. The van der Waals surface area contributed by atoms with Crippen LogP contribution < -0.4 is 10.2 Å². The average molecular weight is 333 g/mol. The highest BCUT2D eigenvalue weighted by atomic mass is 19.1. The Balaban J connectivity index is 1.32. The first-order chi connectivity index (χ1) is 11.6. The van der Waals surface area contributed by atoms with Crippen LogP contribution in [0.1, 0.15) is 19.3 Å². The van der Waals surface area contributed by atoms with E-state index in [4.69, 9.17) is 4.74 Å². The summed E-state index contributed by atoms with van der Waals surface area (Å²) in [6, 6.07) is 7.33. The smallest absolute Gasteiger partial charge is 0.246 e. The van der Waals surface area contributed by atoms with E-state index < -0.39 is 0 Å². The predicted octanol–water partition coefficient (Wildman–Crippen LogP) is 1.39. The highest BCUT2D eigenvalue weighted by Gasteiger charge is 2.41. The Bertz CT molecular complexity index is 587. The first-order valence-corrected chi connectivity index (χ1v) is 8.79. The number of morpholine rings is 1. The van der Waals surface area contributed by atoms with Gasteiger partial charge in [-0.2, -0.15) is 0 Å². The van der Waals surface area contributed by atoms with Crippen molar-refractivity contribution in [1.29, 1.82) is 0 Å². The number of piperidine rings is 1. The van der Waals surface area contributed by atoms with Gasteiger partial charge in [-0.1, -0.05) is 0 Å². The van der Waals surface area contributed by atoms with Crippen LogP contribution >= 0.6 is 0 Å². The molecule has 1 amide bonds. The first-order valence-electron chi connectivity index (χ1n) is 8.79. The van der Waals surface area contributed by atoms with Gasteiger partial charge in [0.05, 0.1) is 5.60 Å². The van der Waals surface area contributed by atoms with Gasteiger partial charge in [0, 0.05) is 44.5 Å². The molecular weight excluding hydrogens is 309 g/mol. The van der Waals surface area contributed by atoms with Crippen LogP contribution in [-0.4, -0.2) is 61.8 Å². The molecule has 3 heterocycles. The number of anilines is 1. The maximum atomic E-state index is 13.1. The number of halogens is 1. The number of nitrogens with zero attached hydrogens (tertiary/aromatic N) is 2. The fraction of sp³-hybridized carbons (Fsp3) is 0.611. The minimum absolute atomic E-state index is 0.00575. The summed E-state index contributed by atoms with van der Waals surface area (Å²) in [6.07, 6.45) is 3.09. The monoisotopic (exact) mass is 333 g/mol. The van der Waals surface area contributed by atoms with Crippen molar-refractivity contribution < 1.29 is 13.9 Å². The molecule has 130 valence electrons. The molecule has 1 N–H and O–H groups in total. The molecule has 1 spiro atoms. The Hall–Kier alpha value is -1.66. The SMILES string of the molecule is O=C1COC2(CCN(C3CCN(c4ccc(F)cc4)C3)CC2)CN1. The van der Waals surface area contributed by atoms with Gasteiger partial charge >= 0.3 is 0 Å². The fourth-order valence-corrected chi connectivity index (χ4v) is 4.12. The van der Waals surface area contributed by atoms with Gasteiger partial charge in [-0.25, -0.2) is 4.39 Å². The minimum Gasteiger partial charge on any atom is -0.370 e. The van der Waals surface area contributed by atoms with Crippen LogP contribution in [0.3, 0.4) is 0 Å². The van der Waals surface area contributed by atoms with Crippen LogP contribution in [0, 0.1) is 5.82 Å². The third-order valence-corrected chi connectivity index (χ3v) is 5.70. The molecule has 1 aromatic rings. The molecule has 5 nitrogen and oxygen atoms in total. The molecular formula is C18H24FN3O2. The van der Waals surface area contributed by atoms with Crippen LogP contribution in [0.25, 0.3) is 0 Å². The Morgan fingerprint density at radius 3 is 2.58 bits per heavy atom. The number of carbonyl (C=O) groups excluding carboxylic acids is 1. The summed E-state index contributed by atoms with van der Waals surface area (Å²) in [7, 11) is 0. The molecule has 3 aliphatic rings. The summed E-state index contributed by atoms with van der Waals surface area (Å²) in [5, 5.41) is 2.94. The van der Waals surface area contributed by atoms with Crippen molar-refractivity contribution in [2.75, 3.05) is 44.2 Å². The van der Waals surface area contributed by atoms with Crippen LogP contribution in [0.2, 0.25) is 0 Å². The van der Waals surface area contributed by atoms with E-state index in [0.29, 0.717) is 12.6 Å². The Kier molecular flexibility index (Phi) is 4.18. The van der Waals surface area contributed by atoms with Crippen molar-refractivity contribution >= 4 is 11.6 Å². The number of hydrogen-bond acceptors (Lipinski definition) is 4. The lowest BCUT2D eigenvalue weighted by atomic mass is 9.89. The van der Waals surface area contributed by atoms with Gasteiger partial charge in [0.2, 0.25) is 5.91 Å². The highest BCUT2D eigenvalue weighted by molar-refractivity contribution is 5.78. The normalized spacial score (nSPS) is 27.5.